The first kappa shape index (κ1) is 14.3. The van der Waals surface area contributed by atoms with E-state index in [1.165, 1.54) is 21.1 Å². The highest BCUT2D eigenvalue weighted by molar-refractivity contribution is 7.87. The topological polar surface area (TPSA) is 95.9 Å². The van der Waals surface area contributed by atoms with Crippen LogP contribution in [-0.2, 0) is 19.7 Å². The van der Waals surface area contributed by atoms with E-state index in [2.05, 4.69) is 0 Å². The molecule has 0 saturated heterocycles. The van der Waals surface area contributed by atoms with Gasteiger partial charge >= 0.3 is 5.97 Å². The maximum atomic E-state index is 11.4. The van der Waals surface area contributed by atoms with Crippen LogP contribution in [0, 0.1) is 0 Å². The van der Waals surface area contributed by atoms with Crippen LogP contribution in [0.2, 0.25) is 0 Å². The number of ether oxygens (including phenoxy) is 1. The summed E-state index contributed by atoms with van der Waals surface area (Å²) < 4.78 is 30.6. The van der Waals surface area contributed by atoms with Crippen LogP contribution in [0.1, 0.15) is 6.92 Å². The normalized spacial score (nSPS) is 14.1. The van der Waals surface area contributed by atoms with Gasteiger partial charge in [-0.25, -0.2) is 0 Å². The molecule has 0 aromatic rings. The highest BCUT2D eigenvalue weighted by atomic mass is 32.2. The van der Waals surface area contributed by atoms with Crippen molar-refractivity contribution in [3.8, 4) is 0 Å². The van der Waals surface area contributed by atoms with Gasteiger partial charge in [-0.1, -0.05) is 0 Å². The molecular formula is C7H16N2O5S. The Morgan fingerprint density at radius 3 is 2.53 bits per heavy atom. The average molecular weight is 240 g/mol. The molecule has 0 aliphatic heterocycles. The van der Waals surface area contributed by atoms with Gasteiger partial charge in [-0.15, -0.1) is 0 Å². The number of nitrogens with one attached hydrogen (secondary N) is 1. The zero-order chi connectivity index (χ0) is 12.1. The molecule has 0 radical (unpaired) electrons. The van der Waals surface area contributed by atoms with E-state index in [0.29, 0.717) is 0 Å². The van der Waals surface area contributed by atoms with Crippen molar-refractivity contribution < 1.29 is 23.1 Å². The largest absolute Gasteiger partial charge is 0.480 e. The van der Waals surface area contributed by atoms with E-state index in [1.54, 1.807) is 0 Å². The van der Waals surface area contributed by atoms with Gasteiger partial charge in [0, 0.05) is 20.7 Å². The van der Waals surface area contributed by atoms with Crippen LogP contribution in [0.4, 0.5) is 0 Å². The number of aliphatic carboxylic acids is 1. The first-order valence-electron chi connectivity index (χ1n) is 4.26. The zero-order valence-electron chi connectivity index (χ0n) is 8.93. The van der Waals surface area contributed by atoms with Gasteiger partial charge in [0.05, 0.1) is 6.61 Å². The summed E-state index contributed by atoms with van der Waals surface area (Å²) in [5, 5.41) is 8.53. The van der Waals surface area contributed by atoms with E-state index >= 15 is 0 Å². The minimum atomic E-state index is -3.75. The van der Waals surface area contributed by atoms with Gasteiger partial charge < -0.3 is 9.84 Å². The summed E-state index contributed by atoms with van der Waals surface area (Å²) in [5.74, 6) is -1.22. The smallest absolute Gasteiger partial charge is 0.321 e. The second kappa shape index (κ2) is 6.01. The fraction of sp³-hybridized carbons (Fsp3) is 0.857. The fourth-order valence-electron chi connectivity index (χ4n) is 0.704. The van der Waals surface area contributed by atoms with E-state index in [1.807, 2.05) is 4.72 Å². The molecule has 0 aliphatic rings. The summed E-state index contributed by atoms with van der Waals surface area (Å²) in [6.45, 7) is 1.67. The second-order valence-electron chi connectivity index (χ2n) is 3.00. The van der Waals surface area contributed by atoms with Crippen LogP contribution in [-0.4, -0.2) is 57.1 Å². The lowest BCUT2D eigenvalue weighted by atomic mass is 10.4. The standard InChI is InChI=1S/C7H16N2O5S/c1-6(7(10)11)8-15(12,13)9(2)4-5-14-3/h6,8H,4-5H2,1-3H3,(H,10,11). The fourth-order valence-corrected chi connectivity index (χ4v) is 1.75. The van der Waals surface area contributed by atoms with Crippen molar-refractivity contribution in [3.05, 3.63) is 0 Å². The summed E-state index contributed by atoms with van der Waals surface area (Å²) in [5.41, 5.74) is 0. The highest BCUT2D eigenvalue weighted by Crippen LogP contribution is 1.96. The SMILES string of the molecule is COCCN(C)S(=O)(=O)NC(C)C(=O)O. The number of rotatable bonds is 7. The summed E-state index contributed by atoms with van der Waals surface area (Å²) in [6, 6.07) is -1.15. The van der Waals surface area contributed by atoms with Crippen LogP contribution in [0.15, 0.2) is 0 Å². The number of hydrogen-bond acceptors (Lipinski definition) is 4. The molecule has 0 rings (SSSR count). The maximum Gasteiger partial charge on any atom is 0.321 e. The maximum absolute atomic E-state index is 11.4. The van der Waals surface area contributed by atoms with Gasteiger partial charge in [-0.05, 0) is 6.92 Å². The van der Waals surface area contributed by atoms with Crippen LogP contribution < -0.4 is 4.72 Å². The van der Waals surface area contributed by atoms with E-state index in [0.717, 1.165) is 4.31 Å². The number of carboxylic acids is 1. The monoisotopic (exact) mass is 240 g/mol. The molecule has 1 unspecified atom stereocenters. The van der Waals surface area contributed by atoms with Crippen molar-refractivity contribution in [2.24, 2.45) is 0 Å². The van der Waals surface area contributed by atoms with Crippen molar-refractivity contribution in [3.63, 3.8) is 0 Å². The third-order valence-corrected chi connectivity index (χ3v) is 3.37. The molecule has 8 heteroatoms. The molecule has 0 aliphatic carbocycles. The Morgan fingerprint density at radius 1 is 1.60 bits per heavy atom. The van der Waals surface area contributed by atoms with E-state index in [9.17, 15) is 13.2 Å². The Labute approximate surface area is 89.2 Å². The van der Waals surface area contributed by atoms with Crippen molar-refractivity contribution in [1.82, 2.24) is 9.03 Å². The van der Waals surface area contributed by atoms with Crippen molar-refractivity contribution in [1.29, 1.82) is 0 Å². The van der Waals surface area contributed by atoms with Gasteiger partial charge in [0.2, 0.25) is 0 Å². The summed E-state index contributed by atoms with van der Waals surface area (Å²) >= 11 is 0. The van der Waals surface area contributed by atoms with Gasteiger partial charge in [-0.2, -0.15) is 17.4 Å². The van der Waals surface area contributed by atoms with Crippen LogP contribution in [0.3, 0.4) is 0 Å². The number of methoxy groups -OCH3 is 1. The van der Waals surface area contributed by atoms with E-state index < -0.39 is 22.2 Å². The second-order valence-corrected chi connectivity index (χ2v) is 4.81. The lowest BCUT2D eigenvalue weighted by molar-refractivity contribution is -0.138. The molecule has 1 atom stereocenters. The van der Waals surface area contributed by atoms with Crippen molar-refractivity contribution >= 4 is 16.2 Å². The Bertz CT molecular complexity index is 303. The van der Waals surface area contributed by atoms with Gasteiger partial charge in [0.1, 0.15) is 6.04 Å². The predicted octanol–water partition coefficient (Wildman–Crippen LogP) is -1.13. The molecular weight excluding hydrogens is 224 g/mol. The van der Waals surface area contributed by atoms with Crippen LogP contribution in [0.5, 0.6) is 0 Å². The molecule has 0 heterocycles. The molecule has 7 nitrogen and oxygen atoms in total. The lowest BCUT2D eigenvalue weighted by Crippen LogP contribution is -2.46. The van der Waals surface area contributed by atoms with Crippen molar-refractivity contribution in [2.75, 3.05) is 27.3 Å². The third kappa shape index (κ3) is 5.07. The lowest BCUT2D eigenvalue weighted by Gasteiger charge is -2.18. The molecule has 90 valence electrons. The highest BCUT2D eigenvalue weighted by Gasteiger charge is 2.23. The molecule has 0 spiro atoms. The number of nitrogens with zero attached hydrogens (tertiary/aromatic N) is 1. The third-order valence-electron chi connectivity index (χ3n) is 1.72. The summed E-state index contributed by atoms with van der Waals surface area (Å²) in [6.07, 6.45) is 0. The molecule has 0 bridgehead atoms. The zero-order valence-corrected chi connectivity index (χ0v) is 9.74. The Kier molecular flexibility index (Phi) is 5.73. The van der Waals surface area contributed by atoms with Gasteiger partial charge in [0.25, 0.3) is 10.2 Å². The van der Waals surface area contributed by atoms with Crippen molar-refractivity contribution in [2.45, 2.75) is 13.0 Å². The van der Waals surface area contributed by atoms with Gasteiger partial charge in [0.15, 0.2) is 0 Å². The Hall–Kier alpha value is -0.700. The molecule has 0 saturated carbocycles. The Morgan fingerprint density at radius 2 is 2.13 bits per heavy atom. The van der Waals surface area contributed by atoms with Crippen LogP contribution >= 0.6 is 0 Å². The summed E-state index contributed by atoms with van der Waals surface area (Å²) in [4.78, 5) is 10.4. The molecule has 0 aromatic carbocycles. The Balaban J connectivity index is 4.35. The first-order valence-corrected chi connectivity index (χ1v) is 5.70. The van der Waals surface area contributed by atoms with E-state index in [-0.39, 0.29) is 13.2 Å². The number of hydrogen-bond donors (Lipinski definition) is 2. The number of carboxylic acid groups (broad SMARTS) is 1. The quantitative estimate of drug-likeness (QED) is 0.587. The van der Waals surface area contributed by atoms with E-state index in [4.69, 9.17) is 9.84 Å². The predicted molar refractivity (Wildman–Crippen MR) is 53.7 cm³/mol. The van der Waals surface area contributed by atoms with Gasteiger partial charge in [-0.3, -0.25) is 4.79 Å². The molecule has 2 N–H and O–H groups in total. The molecule has 0 amide bonds. The molecule has 0 fully saturated rings. The number of carbonyl (C=O) groups is 1. The molecule has 15 heavy (non-hydrogen) atoms. The molecule has 0 aromatic heterocycles. The number of likely N-dealkylation sites (N-methyl/N-ethyl adjacent to an activating group) is 1. The average Bonchev–Trinajstić information content (AvgIpc) is 2.13. The summed E-state index contributed by atoms with van der Waals surface area (Å²) in [7, 11) is -0.959. The minimum Gasteiger partial charge on any atom is -0.480 e. The minimum absolute atomic E-state index is 0.165. The first-order chi connectivity index (χ1) is 6.81. The van der Waals surface area contributed by atoms with Crippen LogP contribution in [0.25, 0.3) is 0 Å².